The molecule has 6 rings (SSSR count). The molecule has 1 heterocycles. The number of ketones is 1. The molecule has 2 aromatic rings. The fraction of sp³-hybridized carbons (Fsp3) is 0.480. The van der Waals surface area contributed by atoms with E-state index in [1.165, 1.54) is 19.3 Å². The quantitative estimate of drug-likeness (QED) is 0.559. The summed E-state index contributed by atoms with van der Waals surface area (Å²) in [7, 11) is 0. The molecule has 1 saturated heterocycles. The third-order valence-corrected chi connectivity index (χ3v) is 8.27. The molecule has 0 amide bonds. The summed E-state index contributed by atoms with van der Waals surface area (Å²) in [5.41, 5.74) is 2.19. The van der Waals surface area contributed by atoms with Gasteiger partial charge in [-0.2, -0.15) is 0 Å². The second-order valence-corrected chi connectivity index (χ2v) is 9.92. The van der Waals surface area contributed by atoms with Gasteiger partial charge in [0.1, 0.15) is 5.78 Å². The number of halogens is 2. The lowest BCUT2D eigenvalue weighted by atomic mass is 9.52. The molecule has 1 aliphatic heterocycles. The van der Waals surface area contributed by atoms with E-state index in [0.717, 1.165) is 47.1 Å². The van der Waals surface area contributed by atoms with Crippen molar-refractivity contribution in [2.75, 3.05) is 13.1 Å². The van der Waals surface area contributed by atoms with Crippen molar-refractivity contribution in [2.45, 2.75) is 55.9 Å². The van der Waals surface area contributed by atoms with Gasteiger partial charge in [0.05, 0.1) is 0 Å². The number of benzene rings is 2. The Morgan fingerprint density at radius 2 is 1.31 bits per heavy atom. The molecule has 2 bridgehead atoms. The van der Waals surface area contributed by atoms with Gasteiger partial charge in [0.15, 0.2) is 0 Å². The van der Waals surface area contributed by atoms with Gasteiger partial charge in [-0.1, -0.05) is 66.0 Å². The molecule has 2 unspecified atom stereocenters. The van der Waals surface area contributed by atoms with Crippen LogP contribution in [0.15, 0.2) is 48.5 Å². The van der Waals surface area contributed by atoms with Crippen molar-refractivity contribution in [3.8, 4) is 0 Å². The summed E-state index contributed by atoms with van der Waals surface area (Å²) < 4.78 is 0. The number of carbonyl (C=O) groups is 1. The smallest absolute Gasteiger partial charge is 0.139 e. The van der Waals surface area contributed by atoms with E-state index in [4.69, 9.17) is 23.2 Å². The SMILES string of the molecule is O=C1CC2(N3CCCCC3)CC(c3ccccc3Cl)C1C(c1ccccc1Cl)C2. The number of piperidine rings is 1. The van der Waals surface area contributed by atoms with E-state index in [9.17, 15) is 4.79 Å². The molecular formula is C25H27Cl2NO. The molecule has 2 atom stereocenters. The molecule has 2 nitrogen and oxygen atoms in total. The first kappa shape index (κ1) is 19.6. The van der Waals surface area contributed by atoms with Crippen LogP contribution in [-0.2, 0) is 4.79 Å². The molecule has 2 aromatic carbocycles. The highest BCUT2D eigenvalue weighted by Gasteiger charge is 2.58. The largest absolute Gasteiger partial charge is 0.299 e. The van der Waals surface area contributed by atoms with Gasteiger partial charge in [-0.25, -0.2) is 0 Å². The molecule has 4 aliphatic rings. The first-order valence-corrected chi connectivity index (χ1v) is 11.6. The Balaban J connectivity index is 1.63. The van der Waals surface area contributed by atoms with E-state index < -0.39 is 0 Å². The number of hydrogen-bond acceptors (Lipinski definition) is 2. The van der Waals surface area contributed by atoms with Gasteiger partial charge < -0.3 is 0 Å². The number of likely N-dealkylation sites (tertiary alicyclic amines) is 1. The van der Waals surface area contributed by atoms with E-state index in [-0.39, 0.29) is 23.3 Å². The van der Waals surface area contributed by atoms with Crippen molar-refractivity contribution in [1.29, 1.82) is 0 Å². The Morgan fingerprint density at radius 3 is 1.83 bits per heavy atom. The minimum Gasteiger partial charge on any atom is -0.299 e. The highest BCUT2D eigenvalue weighted by atomic mass is 35.5. The second kappa shape index (κ2) is 7.72. The molecule has 3 saturated carbocycles. The summed E-state index contributed by atoms with van der Waals surface area (Å²) in [5, 5.41) is 1.56. The van der Waals surface area contributed by atoms with Crippen LogP contribution in [0.2, 0.25) is 10.0 Å². The molecule has 4 heteroatoms. The predicted octanol–water partition coefficient (Wildman–Crippen LogP) is 6.47. The molecule has 0 spiro atoms. The van der Waals surface area contributed by atoms with Crippen molar-refractivity contribution in [3.05, 3.63) is 69.7 Å². The zero-order chi connectivity index (χ0) is 20.0. The predicted molar refractivity (Wildman–Crippen MR) is 119 cm³/mol. The Bertz CT molecular complexity index is 865. The van der Waals surface area contributed by atoms with Crippen LogP contribution in [-0.4, -0.2) is 29.3 Å². The Kier molecular flexibility index (Phi) is 5.22. The highest BCUT2D eigenvalue weighted by Crippen LogP contribution is 2.59. The van der Waals surface area contributed by atoms with Crippen LogP contribution >= 0.6 is 23.2 Å². The molecule has 29 heavy (non-hydrogen) atoms. The lowest BCUT2D eigenvalue weighted by molar-refractivity contribution is -0.140. The van der Waals surface area contributed by atoms with Crippen molar-refractivity contribution < 1.29 is 4.79 Å². The minimum atomic E-state index is -0.0695. The third kappa shape index (κ3) is 3.34. The Hall–Kier alpha value is -1.35. The van der Waals surface area contributed by atoms with Gasteiger partial charge >= 0.3 is 0 Å². The van der Waals surface area contributed by atoms with E-state index >= 15 is 0 Å². The normalized spacial score (nSPS) is 32.5. The van der Waals surface area contributed by atoms with Gasteiger partial charge in [-0.05, 0) is 73.9 Å². The number of Topliss-reactive ketones (excluding diaryl/α,β-unsaturated/α-hetero) is 1. The second-order valence-electron chi connectivity index (χ2n) is 9.11. The average Bonchev–Trinajstić information content (AvgIpc) is 2.75. The van der Waals surface area contributed by atoms with E-state index in [1.54, 1.807) is 0 Å². The van der Waals surface area contributed by atoms with Gasteiger partial charge in [0.2, 0.25) is 0 Å². The summed E-state index contributed by atoms with van der Waals surface area (Å²) in [5.74, 6) is 0.660. The van der Waals surface area contributed by atoms with Gasteiger partial charge in [0, 0.05) is 27.9 Å². The Morgan fingerprint density at radius 1 is 0.793 bits per heavy atom. The highest BCUT2D eigenvalue weighted by molar-refractivity contribution is 6.31. The molecule has 0 radical (unpaired) electrons. The maximum Gasteiger partial charge on any atom is 0.139 e. The summed E-state index contributed by atoms with van der Waals surface area (Å²) in [4.78, 5) is 16.2. The average molecular weight is 428 g/mol. The first-order valence-electron chi connectivity index (χ1n) is 10.9. The zero-order valence-corrected chi connectivity index (χ0v) is 18.1. The fourth-order valence-corrected chi connectivity index (χ4v) is 6.92. The summed E-state index contributed by atoms with van der Waals surface area (Å²) in [6.07, 6.45) is 6.48. The summed E-state index contributed by atoms with van der Waals surface area (Å²) >= 11 is 13.3. The maximum atomic E-state index is 13.6. The van der Waals surface area contributed by atoms with E-state index in [0.29, 0.717) is 12.2 Å². The number of carbonyl (C=O) groups excluding carboxylic acids is 1. The topological polar surface area (TPSA) is 20.3 Å². The van der Waals surface area contributed by atoms with Crippen LogP contribution in [0.4, 0.5) is 0 Å². The van der Waals surface area contributed by atoms with Crippen molar-refractivity contribution >= 4 is 29.0 Å². The number of hydrogen-bond donors (Lipinski definition) is 0. The van der Waals surface area contributed by atoms with Crippen molar-refractivity contribution in [1.82, 2.24) is 4.90 Å². The number of nitrogens with zero attached hydrogens (tertiary/aromatic N) is 1. The molecule has 3 aliphatic carbocycles. The van der Waals surface area contributed by atoms with Crippen LogP contribution < -0.4 is 0 Å². The summed E-state index contributed by atoms with van der Waals surface area (Å²) in [6, 6.07) is 16.2. The fourth-order valence-electron chi connectivity index (χ4n) is 6.37. The first-order chi connectivity index (χ1) is 14.1. The zero-order valence-electron chi connectivity index (χ0n) is 16.6. The van der Waals surface area contributed by atoms with E-state index in [2.05, 4.69) is 17.0 Å². The van der Waals surface area contributed by atoms with E-state index in [1.807, 2.05) is 36.4 Å². The van der Waals surface area contributed by atoms with Gasteiger partial charge in [-0.15, -0.1) is 0 Å². The molecular weight excluding hydrogens is 401 g/mol. The molecule has 152 valence electrons. The molecule has 0 N–H and O–H groups in total. The lowest BCUT2D eigenvalue weighted by Crippen LogP contribution is -2.62. The van der Waals surface area contributed by atoms with Crippen LogP contribution in [0.5, 0.6) is 0 Å². The standard InChI is InChI=1S/C25H27Cl2NO/c26-21-10-4-2-8-17(21)19-14-25(28-12-6-1-7-13-28)15-20(24(19)23(29)16-25)18-9-3-5-11-22(18)27/h2-5,8-11,19-20,24H,1,6-7,12-16H2. The van der Waals surface area contributed by atoms with Crippen molar-refractivity contribution in [3.63, 3.8) is 0 Å². The molecule has 4 fully saturated rings. The van der Waals surface area contributed by atoms with Crippen LogP contribution in [0, 0.1) is 5.92 Å². The summed E-state index contributed by atoms with van der Waals surface area (Å²) in [6.45, 7) is 2.20. The number of fused-ring (bicyclic) bond motifs is 3. The third-order valence-electron chi connectivity index (χ3n) is 7.58. The number of rotatable bonds is 3. The Labute approximate surface area is 183 Å². The van der Waals surface area contributed by atoms with Gasteiger partial charge in [-0.3, -0.25) is 9.69 Å². The van der Waals surface area contributed by atoms with Crippen LogP contribution in [0.1, 0.15) is 61.5 Å². The van der Waals surface area contributed by atoms with Crippen LogP contribution in [0.25, 0.3) is 0 Å². The monoisotopic (exact) mass is 427 g/mol. The van der Waals surface area contributed by atoms with Gasteiger partial charge in [0.25, 0.3) is 0 Å². The van der Waals surface area contributed by atoms with Crippen molar-refractivity contribution in [2.24, 2.45) is 5.92 Å². The lowest BCUT2D eigenvalue weighted by Gasteiger charge is -2.59. The molecule has 0 aromatic heterocycles. The maximum absolute atomic E-state index is 13.6. The minimum absolute atomic E-state index is 0.0403. The van der Waals surface area contributed by atoms with Crippen LogP contribution in [0.3, 0.4) is 0 Å².